The quantitative estimate of drug-likeness (QED) is 0.911. The van der Waals surface area contributed by atoms with Crippen LogP contribution < -0.4 is 5.32 Å². The summed E-state index contributed by atoms with van der Waals surface area (Å²) in [6.07, 6.45) is 2.47. The molecule has 0 atom stereocenters. The van der Waals surface area contributed by atoms with E-state index in [-0.39, 0.29) is 0 Å². The Morgan fingerprint density at radius 2 is 2.22 bits per heavy atom. The van der Waals surface area contributed by atoms with Crippen LogP contribution in [0.5, 0.6) is 0 Å². The molecule has 0 amide bonds. The van der Waals surface area contributed by atoms with Gasteiger partial charge in [-0.15, -0.1) is 0 Å². The predicted octanol–water partition coefficient (Wildman–Crippen LogP) is 3.85. The highest BCUT2D eigenvalue weighted by Gasteiger charge is 2.20. The molecule has 3 rings (SSSR count). The number of aromatic nitrogens is 1. The number of hydrogen-bond acceptors (Lipinski definition) is 1. The molecule has 18 heavy (non-hydrogen) atoms. The summed E-state index contributed by atoms with van der Waals surface area (Å²) in [6, 6.07) is 7.19. The minimum Gasteiger partial charge on any atom is -0.342 e. The summed E-state index contributed by atoms with van der Waals surface area (Å²) in [4.78, 5) is 0. The van der Waals surface area contributed by atoms with Gasteiger partial charge in [-0.25, -0.2) is 0 Å². The zero-order chi connectivity index (χ0) is 12.7. The van der Waals surface area contributed by atoms with E-state index >= 15 is 0 Å². The fourth-order valence-electron chi connectivity index (χ4n) is 2.85. The minimum atomic E-state index is 0.519. The van der Waals surface area contributed by atoms with E-state index in [1.54, 1.807) is 0 Å². The first-order valence-electron chi connectivity index (χ1n) is 6.70. The van der Waals surface area contributed by atoms with E-state index < -0.39 is 0 Å². The standard InChI is InChI=1S/C15H19BrN2/c1-10(2)17-9-13-14(16)12-7-3-5-11-6-4-8-18(13)15(11)12/h3,5,7,10,17H,4,6,8-9H2,1-2H3. The second kappa shape index (κ2) is 4.71. The first-order valence-corrected chi connectivity index (χ1v) is 7.49. The number of nitrogens with one attached hydrogen (secondary N) is 1. The van der Waals surface area contributed by atoms with E-state index in [0.29, 0.717) is 6.04 Å². The maximum atomic E-state index is 3.79. The Bertz CT molecular complexity index is 584. The molecule has 1 aromatic carbocycles. The predicted molar refractivity (Wildman–Crippen MR) is 79.9 cm³/mol. The maximum Gasteiger partial charge on any atom is 0.0527 e. The lowest BCUT2D eigenvalue weighted by atomic mass is 10.0. The highest BCUT2D eigenvalue weighted by Crippen LogP contribution is 2.36. The van der Waals surface area contributed by atoms with Crippen molar-refractivity contribution in [3.05, 3.63) is 33.9 Å². The van der Waals surface area contributed by atoms with Crippen molar-refractivity contribution < 1.29 is 0 Å². The van der Waals surface area contributed by atoms with Crippen molar-refractivity contribution in [2.24, 2.45) is 0 Å². The summed E-state index contributed by atoms with van der Waals surface area (Å²) in [6.45, 7) is 6.47. The van der Waals surface area contributed by atoms with E-state index in [1.165, 1.54) is 39.5 Å². The van der Waals surface area contributed by atoms with Crippen LogP contribution in [0.3, 0.4) is 0 Å². The average molecular weight is 307 g/mol. The van der Waals surface area contributed by atoms with Gasteiger partial charge in [-0.2, -0.15) is 0 Å². The number of hydrogen-bond donors (Lipinski definition) is 1. The number of rotatable bonds is 3. The normalized spacial score (nSPS) is 14.7. The van der Waals surface area contributed by atoms with Gasteiger partial charge in [-0.05, 0) is 34.3 Å². The zero-order valence-corrected chi connectivity index (χ0v) is 12.5. The van der Waals surface area contributed by atoms with E-state index in [1.807, 2.05) is 0 Å². The van der Waals surface area contributed by atoms with Crippen LogP contribution >= 0.6 is 15.9 Å². The average Bonchev–Trinajstić information content (AvgIpc) is 2.63. The third-order valence-corrected chi connectivity index (χ3v) is 4.60. The van der Waals surface area contributed by atoms with Gasteiger partial charge in [0.15, 0.2) is 0 Å². The second-order valence-corrected chi connectivity index (χ2v) is 6.16. The number of para-hydroxylation sites is 1. The molecule has 0 fully saturated rings. The van der Waals surface area contributed by atoms with Gasteiger partial charge in [-0.3, -0.25) is 0 Å². The van der Waals surface area contributed by atoms with Crippen LogP contribution in [0.4, 0.5) is 0 Å². The lowest BCUT2D eigenvalue weighted by Gasteiger charge is -2.18. The lowest BCUT2D eigenvalue weighted by Crippen LogP contribution is -2.24. The van der Waals surface area contributed by atoms with E-state index in [9.17, 15) is 0 Å². The van der Waals surface area contributed by atoms with Crippen LogP contribution in [0.25, 0.3) is 10.9 Å². The van der Waals surface area contributed by atoms with Crippen LogP contribution in [-0.4, -0.2) is 10.6 Å². The molecule has 0 spiro atoms. The molecule has 2 nitrogen and oxygen atoms in total. The molecule has 3 heteroatoms. The van der Waals surface area contributed by atoms with Crippen molar-refractivity contribution in [3.8, 4) is 0 Å². The molecular formula is C15H19BrN2. The second-order valence-electron chi connectivity index (χ2n) is 5.36. The monoisotopic (exact) mass is 306 g/mol. The van der Waals surface area contributed by atoms with Gasteiger partial charge in [0.1, 0.15) is 0 Å². The van der Waals surface area contributed by atoms with Gasteiger partial charge >= 0.3 is 0 Å². The van der Waals surface area contributed by atoms with E-state index in [2.05, 4.69) is 57.9 Å². The Hall–Kier alpha value is -0.800. The van der Waals surface area contributed by atoms with Gasteiger partial charge in [0.05, 0.1) is 5.52 Å². The van der Waals surface area contributed by atoms with Crippen molar-refractivity contribution in [2.45, 2.75) is 45.8 Å². The summed E-state index contributed by atoms with van der Waals surface area (Å²) in [5.74, 6) is 0. The van der Waals surface area contributed by atoms with Crippen LogP contribution in [0, 0.1) is 0 Å². The number of nitrogens with zero attached hydrogens (tertiary/aromatic N) is 1. The van der Waals surface area contributed by atoms with Crippen molar-refractivity contribution in [1.29, 1.82) is 0 Å². The number of benzene rings is 1. The SMILES string of the molecule is CC(C)NCc1c(Br)c2cccc3c2n1CCC3. The van der Waals surface area contributed by atoms with Gasteiger partial charge in [0.25, 0.3) is 0 Å². The fraction of sp³-hybridized carbons (Fsp3) is 0.467. The molecule has 1 aliphatic heterocycles. The Morgan fingerprint density at radius 3 is 3.00 bits per heavy atom. The number of halogens is 1. The molecule has 2 aromatic rings. The van der Waals surface area contributed by atoms with Crippen LogP contribution in [-0.2, 0) is 19.5 Å². The van der Waals surface area contributed by atoms with Crippen molar-refractivity contribution in [3.63, 3.8) is 0 Å². The topological polar surface area (TPSA) is 17.0 Å². The minimum absolute atomic E-state index is 0.519. The lowest BCUT2D eigenvalue weighted by molar-refractivity contribution is 0.543. The summed E-state index contributed by atoms with van der Waals surface area (Å²) >= 11 is 3.79. The molecule has 2 heterocycles. The van der Waals surface area contributed by atoms with Crippen LogP contribution in [0.1, 0.15) is 31.5 Å². The Kier molecular flexibility index (Phi) is 3.20. The van der Waals surface area contributed by atoms with Gasteiger partial charge in [-0.1, -0.05) is 32.0 Å². The summed E-state index contributed by atoms with van der Waals surface area (Å²) in [5, 5.41) is 4.90. The fourth-order valence-corrected chi connectivity index (χ4v) is 3.52. The highest BCUT2D eigenvalue weighted by atomic mass is 79.9. The first-order chi connectivity index (χ1) is 8.68. The molecule has 0 aliphatic carbocycles. The molecule has 1 aliphatic rings. The summed E-state index contributed by atoms with van der Waals surface area (Å²) < 4.78 is 3.77. The summed E-state index contributed by atoms with van der Waals surface area (Å²) in [5.41, 5.74) is 4.33. The largest absolute Gasteiger partial charge is 0.342 e. The molecule has 0 radical (unpaired) electrons. The third kappa shape index (κ3) is 1.90. The smallest absolute Gasteiger partial charge is 0.0527 e. The first kappa shape index (κ1) is 12.2. The Morgan fingerprint density at radius 1 is 1.39 bits per heavy atom. The summed E-state index contributed by atoms with van der Waals surface area (Å²) in [7, 11) is 0. The van der Waals surface area contributed by atoms with Crippen molar-refractivity contribution in [1.82, 2.24) is 9.88 Å². The molecule has 96 valence electrons. The Balaban J connectivity index is 2.14. The van der Waals surface area contributed by atoms with E-state index in [0.717, 1.165) is 13.1 Å². The molecule has 0 saturated carbocycles. The van der Waals surface area contributed by atoms with Gasteiger partial charge in [0.2, 0.25) is 0 Å². The highest BCUT2D eigenvalue weighted by molar-refractivity contribution is 9.10. The molecule has 0 bridgehead atoms. The third-order valence-electron chi connectivity index (χ3n) is 3.71. The Labute approximate surface area is 116 Å². The molecule has 0 saturated heterocycles. The molecule has 1 N–H and O–H groups in total. The molecular weight excluding hydrogens is 288 g/mol. The van der Waals surface area contributed by atoms with Gasteiger partial charge < -0.3 is 9.88 Å². The van der Waals surface area contributed by atoms with Crippen molar-refractivity contribution in [2.75, 3.05) is 0 Å². The van der Waals surface area contributed by atoms with Crippen LogP contribution in [0.15, 0.2) is 22.7 Å². The van der Waals surface area contributed by atoms with Gasteiger partial charge in [0, 0.05) is 34.7 Å². The number of aryl methyl sites for hydroxylation is 2. The van der Waals surface area contributed by atoms with Crippen molar-refractivity contribution >= 4 is 26.8 Å². The zero-order valence-electron chi connectivity index (χ0n) is 11.0. The van der Waals surface area contributed by atoms with E-state index in [4.69, 9.17) is 0 Å². The maximum absolute atomic E-state index is 3.79. The van der Waals surface area contributed by atoms with Crippen LogP contribution in [0.2, 0.25) is 0 Å². The molecule has 0 unspecified atom stereocenters. The molecule has 1 aromatic heterocycles.